The number of benzene rings is 2. The second-order valence-electron chi connectivity index (χ2n) is 5.10. The minimum absolute atomic E-state index is 0.239. The Balaban J connectivity index is 2.71. The lowest BCUT2D eigenvalue weighted by molar-refractivity contribution is -0.289. The average molecular weight is 404 g/mol. The fourth-order valence-corrected chi connectivity index (χ4v) is 2.76. The number of hydrogen-bond acceptors (Lipinski definition) is 1. The second-order valence-corrected chi connectivity index (χ2v) is 5.96. The van der Waals surface area contributed by atoms with Gasteiger partial charge < -0.3 is 0 Å². The molecule has 0 amide bonds. The van der Waals surface area contributed by atoms with Gasteiger partial charge in [0.05, 0.1) is 11.6 Å². The van der Waals surface area contributed by atoms with Gasteiger partial charge in [-0.15, -0.1) is 0 Å². The van der Waals surface area contributed by atoms with Crippen molar-refractivity contribution in [2.75, 3.05) is 0 Å². The molecule has 2 rings (SSSR count). The van der Waals surface area contributed by atoms with Gasteiger partial charge in [0.1, 0.15) is 0 Å². The Bertz CT molecular complexity index is 806. The Morgan fingerprint density at radius 2 is 1.67 bits per heavy atom. The standard InChI is InChI=1S/C17H11BrF5N/c1-2-11-4-5-12(16(19,20)17(21,22)23)8-13(11)14-7-10(9-24)3-6-15(14)18/h3-8H,2H2,1H3. The van der Waals surface area contributed by atoms with Crippen molar-refractivity contribution in [3.63, 3.8) is 0 Å². The van der Waals surface area contributed by atoms with Crippen LogP contribution in [0.15, 0.2) is 40.9 Å². The molecular formula is C17H11BrF5N. The van der Waals surface area contributed by atoms with Crippen LogP contribution in [0.2, 0.25) is 0 Å². The van der Waals surface area contributed by atoms with Crippen LogP contribution < -0.4 is 0 Å². The van der Waals surface area contributed by atoms with Crippen LogP contribution in [0.5, 0.6) is 0 Å². The van der Waals surface area contributed by atoms with Gasteiger partial charge in [0.2, 0.25) is 0 Å². The van der Waals surface area contributed by atoms with E-state index in [2.05, 4.69) is 15.9 Å². The van der Waals surface area contributed by atoms with Gasteiger partial charge in [0.15, 0.2) is 0 Å². The van der Waals surface area contributed by atoms with Gasteiger partial charge in [-0.2, -0.15) is 27.2 Å². The molecule has 1 nitrogen and oxygen atoms in total. The van der Waals surface area contributed by atoms with Crippen LogP contribution in [0, 0.1) is 11.3 Å². The predicted molar refractivity (Wildman–Crippen MR) is 83.6 cm³/mol. The van der Waals surface area contributed by atoms with E-state index in [1.807, 2.05) is 6.07 Å². The highest BCUT2D eigenvalue weighted by Crippen LogP contribution is 2.45. The number of nitrogens with zero attached hydrogens (tertiary/aromatic N) is 1. The Morgan fingerprint density at radius 1 is 1.00 bits per heavy atom. The maximum Gasteiger partial charge on any atom is 0.458 e. The third-order valence-electron chi connectivity index (χ3n) is 3.59. The summed E-state index contributed by atoms with van der Waals surface area (Å²) in [6.45, 7) is 1.77. The van der Waals surface area contributed by atoms with Crippen molar-refractivity contribution < 1.29 is 22.0 Å². The molecule has 0 heterocycles. The maximum atomic E-state index is 13.7. The van der Waals surface area contributed by atoms with E-state index < -0.39 is 17.7 Å². The topological polar surface area (TPSA) is 23.8 Å². The molecule has 2 aromatic rings. The molecule has 0 atom stereocenters. The number of hydrogen-bond donors (Lipinski definition) is 0. The summed E-state index contributed by atoms with van der Waals surface area (Å²) >= 11 is 3.26. The first-order valence-electron chi connectivity index (χ1n) is 6.89. The molecule has 0 aliphatic heterocycles. The minimum Gasteiger partial charge on any atom is -0.192 e. The molecule has 0 N–H and O–H groups in total. The van der Waals surface area contributed by atoms with Crippen LogP contribution in [0.25, 0.3) is 11.1 Å². The largest absolute Gasteiger partial charge is 0.458 e. The van der Waals surface area contributed by atoms with Crippen molar-refractivity contribution in [1.29, 1.82) is 5.26 Å². The van der Waals surface area contributed by atoms with E-state index >= 15 is 0 Å². The number of alkyl halides is 5. The van der Waals surface area contributed by atoms with E-state index in [1.165, 1.54) is 18.2 Å². The molecule has 0 saturated heterocycles. The summed E-state index contributed by atoms with van der Waals surface area (Å²) in [5.41, 5.74) is 0.390. The first-order chi connectivity index (χ1) is 11.1. The molecule has 2 aromatic carbocycles. The molecule has 0 aliphatic rings. The zero-order valence-electron chi connectivity index (χ0n) is 12.4. The molecule has 7 heteroatoms. The highest BCUT2D eigenvalue weighted by Gasteiger charge is 2.58. The molecular weight excluding hydrogens is 393 g/mol. The lowest BCUT2D eigenvalue weighted by Crippen LogP contribution is -2.33. The summed E-state index contributed by atoms with van der Waals surface area (Å²) in [5.74, 6) is -4.95. The summed E-state index contributed by atoms with van der Waals surface area (Å²) < 4.78 is 65.7. The van der Waals surface area contributed by atoms with E-state index in [0.29, 0.717) is 22.0 Å². The number of halogens is 6. The average Bonchev–Trinajstić information content (AvgIpc) is 2.53. The zero-order chi connectivity index (χ0) is 18.1. The Kier molecular flexibility index (Phi) is 5.00. The zero-order valence-corrected chi connectivity index (χ0v) is 14.0. The molecule has 0 aromatic heterocycles. The molecule has 24 heavy (non-hydrogen) atoms. The molecule has 0 fully saturated rings. The maximum absolute atomic E-state index is 13.7. The smallest absolute Gasteiger partial charge is 0.192 e. The molecule has 0 radical (unpaired) electrons. The van der Waals surface area contributed by atoms with Crippen LogP contribution >= 0.6 is 15.9 Å². The van der Waals surface area contributed by atoms with Crippen molar-refractivity contribution in [3.05, 3.63) is 57.6 Å². The van der Waals surface area contributed by atoms with Crippen LogP contribution in [-0.2, 0) is 12.3 Å². The van der Waals surface area contributed by atoms with Crippen LogP contribution in [0.4, 0.5) is 22.0 Å². The van der Waals surface area contributed by atoms with E-state index in [-0.39, 0.29) is 11.1 Å². The third kappa shape index (κ3) is 3.29. The van der Waals surface area contributed by atoms with Crippen molar-refractivity contribution in [2.24, 2.45) is 0 Å². The molecule has 0 unspecified atom stereocenters. The van der Waals surface area contributed by atoms with Gasteiger partial charge in [-0.25, -0.2) is 0 Å². The fraction of sp³-hybridized carbons (Fsp3) is 0.235. The summed E-state index contributed by atoms with van der Waals surface area (Å²) in [6, 6.07) is 9.34. The van der Waals surface area contributed by atoms with Gasteiger partial charge in [0, 0.05) is 10.0 Å². The predicted octanol–water partition coefficient (Wildman–Crippen LogP) is 6.20. The third-order valence-corrected chi connectivity index (χ3v) is 4.29. The van der Waals surface area contributed by atoms with E-state index in [1.54, 1.807) is 13.0 Å². The summed E-state index contributed by atoms with van der Waals surface area (Å²) in [7, 11) is 0. The summed E-state index contributed by atoms with van der Waals surface area (Å²) in [5, 5.41) is 8.98. The molecule has 0 aliphatic carbocycles. The molecule has 126 valence electrons. The molecule has 0 spiro atoms. The number of rotatable bonds is 3. The van der Waals surface area contributed by atoms with Gasteiger partial charge >= 0.3 is 12.1 Å². The van der Waals surface area contributed by atoms with E-state index in [9.17, 15) is 22.0 Å². The van der Waals surface area contributed by atoms with Crippen molar-refractivity contribution in [2.45, 2.75) is 25.4 Å². The SMILES string of the molecule is CCc1ccc(C(F)(F)C(F)(F)F)cc1-c1cc(C#N)ccc1Br. The van der Waals surface area contributed by atoms with Gasteiger partial charge in [-0.1, -0.05) is 35.0 Å². The van der Waals surface area contributed by atoms with Crippen molar-refractivity contribution >= 4 is 15.9 Å². The highest BCUT2D eigenvalue weighted by atomic mass is 79.9. The Hall–Kier alpha value is -1.94. The van der Waals surface area contributed by atoms with Gasteiger partial charge in [-0.3, -0.25) is 0 Å². The highest BCUT2D eigenvalue weighted by molar-refractivity contribution is 9.10. The Morgan fingerprint density at radius 3 is 2.21 bits per heavy atom. The summed E-state index contributed by atoms with van der Waals surface area (Å²) in [4.78, 5) is 0. The quantitative estimate of drug-likeness (QED) is 0.559. The normalized spacial score (nSPS) is 12.1. The lowest BCUT2D eigenvalue weighted by atomic mass is 9.93. The second kappa shape index (κ2) is 6.52. The fourth-order valence-electron chi connectivity index (χ4n) is 2.30. The van der Waals surface area contributed by atoms with E-state index in [4.69, 9.17) is 5.26 Å². The van der Waals surface area contributed by atoms with Crippen molar-refractivity contribution in [3.8, 4) is 17.2 Å². The molecule has 0 saturated carbocycles. The summed E-state index contributed by atoms with van der Waals surface area (Å²) in [6.07, 6.45) is -5.24. The monoisotopic (exact) mass is 403 g/mol. The molecule has 0 bridgehead atoms. The van der Waals surface area contributed by atoms with Crippen LogP contribution in [0.1, 0.15) is 23.6 Å². The first-order valence-corrected chi connectivity index (χ1v) is 7.69. The lowest BCUT2D eigenvalue weighted by Gasteiger charge is -2.21. The van der Waals surface area contributed by atoms with Gasteiger partial charge in [0.25, 0.3) is 0 Å². The van der Waals surface area contributed by atoms with E-state index in [0.717, 1.165) is 12.1 Å². The number of nitriles is 1. The number of aryl methyl sites for hydroxylation is 1. The minimum atomic E-state index is -5.68. The van der Waals surface area contributed by atoms with Crippen LogP contribution in [0.3, 0.4) is 0 Å². The first kappa shape index (κ1) is 18.4. The van der Waals surface area contributed by atoms with Crippen molar-refractivity contribution in [1.82, 2.24) is 0 Å². The van der Waals surface area contributed by atoms with Gasteiger partial charge in [-0.05, 0) is 47.4 Å². The van der Waals surface area contributed by atoms with Crippen LogP contribution in [-0.4, -0.2) is 6.18 Å². The Labute approximate surface area is 143 Å².